The van der Waals surface area contributed by atoms with Crippen LogP contribution >= 0.6 is 46.4 Å². The first kappa shape index (κ1) is 17.9. The van der Waals surface area contributed by atoms with Gasteiger partial charge in [0.1, 0.15) is 5.75 Å². The molecule has 120 valence electrons. The molecular weight excluding hydrogens is 382 g/mol. The fourth-order valence-electron chi connectivity index (χ4n) is 1.54. The van der Waals surface area contributed by atoms with Crippen molar-refractivity contribution in [3.8, 4) is 5.75 Å². The summed E-state index contributed by atoms with van der Waals surface area (Å²) in [6, 6.07) is 9.97. The van der Waals surface area contributed by atoms with Crippen molar-refractivity contribution in [3.05, 3.63) is 62.1 Å². The van der Waals surface area contributed by atoms with Gasteiger partial charge in [0.25, 0.3) is 5.91 Å². The van der Waals surface area contributed by atoms with Crippen LogP contribution in [-0.2, 0) is 4.79 Å². The Hall–Kier alpha value is -1.46. The quantitative estimate of drug-likeness (QED) is 0.450. The number of ether oxygens (including phenoxy) is 1. The van der Waals surface area contributed by atoms with Gasteiger partial charge >= 0.3 is 0 Å². The highest BCUT2D eigenvalue weighted by molar-refractivity contribution is 6.43. The number of carbonyl (C=O) groups excluding carboxylic acids is 1. The topological polar surface area (TPSA) is 50.7 Å². The van der Waals surface area contributed by atoms with E-state index < -0.39 is 5.91 Å². The third kappa shape index (κ3) is 5.29. The van der Waals surface area contributed by atoms with Crippen molar-refractivity contribution < 1.29 is 9.53 Å². The molecule has 2 aromatic carbocycles. The van der Waals surface area contributed by atoms with Crippen LogP contribution in [0.4, 0.5) is 0 Å². The lowest BCUT2D eigenvalue weighted by Crippen LogP contribution is -2.24. The maximum absolute atomic E-state index is 11.7. The summed E-state index contributed by atoms with van der Waals surface area (Å²) in [7, 11) is 0. The number of halogens is 4. The molecule has 23 heavy (non-hydrogen) atoms. The average molecular weight is 392 g/mol. The van der Waals surface area contributed by atoms with E-state index in [0.29, 0.717) is 15.6 Å². The average Bonchev–Trinajstić information content (AvgIpc) is 2.51. The number of hydrazone groups is 1. The number of amides is 1. The van der Waals surface area contributed by atoms with E-state index in [2.05, 4.69) is 10.5 Å². The van der Waals surface area contributed by atoms with Crippen molar-refractivity contribution in [1.29, 1.82) is 0 Å². The largest absolute Gasteiger partial charge is 0.482 e. The predicted molar refractivity (Wildman–Crippen MR) is 94.2 cm³/mol. The summed E-state index contributed by atoms with van der Waals surface area (Å²) in [4.78, 5) is 11.7. The van der Waals surface area contributed by atoms with Crippen LogP contribution in [0.5, 0.6) is 5.75 Å². The third-order valence-corrected chi connectivity index (χ3v) is 3.99. The van der Waals surface area contributed by atoms with Gasteiger partial charge in [-0.05, 0) is 12.1 Å². The minimum Gasteiger partial charge on any atom is -0.482 e. The lowest BCUT2D eigenvalue weighted by molar-refractivity contribution is -0.123. The normalized spacial score (nSPS) is 10.8. The lowest BCUT2D eigenvalue weighted by Gasteiger charge is -2.08. The maximum Gasteiger partial charge on any atom is 0.277 e. The highest BCUT2D eigenvalue weighted by Crippen LogP contribution is 2.33. The van der Waals surface area contributed by atoms with Crippen LogP contribution < -0.4 is 10.2 Å². The Morgan fingerprint density at radius 3 is 2.48 bits per heavy atom. The van der Waals surface area contributed by atoms with E-state index in [1.165, 1.54) is 18.3 Å². The second kappa shape index (κ2) is 8.41. The van der Waals surface area contributed by atoms with E-state index in [1.807, 2.05) is 6.07 Å². The van der Waals surface area contributed by atoms with Gasteiger partial charge in [0, 0.05) is 16.7 Å². The van der Waals surface area contributed by atoms with Crippen LogP contribution in [0.2, 0.25) is 20.1 Å². The molecule has 0 radical (unpaired) electrons. The van der Waals surface area contributed by atoms with Crippen molar-refractivity contribution in [2.75, 3.05) is 6.61 Å². The Morgan fingerprint density at radius 1 is 1.04 bits per heavy atom. The van der Waals surface area contributed by atoms with Crippen LogP contribution in [0.25, 0.3) is 0 Å². The summed E-state index contributed by atoms with van der Waals surface area (Å²) in [6.45, 7) is -0.280. The monoisotopic (exact) mass is 390 g/mol. The molecule has 4 nitrogen and oxygen atoms in total. The van der Waals surface area contributed by atoms with E-state index in [4.69, 9.17) is 51.1 Å². The van der Waals surface area contributed by atoms with Gasteiger partial charge in [-0.2, -0.15) is 5.10 Å². The summed E-state index contributed by atoms with van der Waals surface area (Å²) in [5.41, 5.74) is 3.00. The van der Waals surface area contributed by atoms with Crippen molar-refractivity contribution in [1.82, 2.24) is 5.43 Å². The Morgan fingerprint density at radius 2 is 1.74 bits per heavy atom. The molecule has 0 fully saturated rings. The molecule has 2 rings (SSSR count). The van der Waals surface area contributed by atoms with Gasteiger partial charge in [-0.15, -0.1) is 0 Å². The molecule has 0 atom stereocenters. The van der Waals surface area contributed by atoms with E-state index in [0.717, 1.165) is 0 Å². The van der Waals surface area contributed by atoms with Gasteiger partial charge in [0.15, 0.2) is 6.61 Å². The van der Waals surface area contributed by atoms with Crippen LogP contribution in [-0.4, -0.2) is 18.7 Å². The van der Waals surface area contributed by atoms with Crippen LogP contribution in [0.15, 0.2) is 41.5 Å². The fraction of sp³-hybridized carbons (Fsp3) is 0.0667. The SMILES string of the molecule is O=C(COc1cc(Cl)c(Cl)cc1Cl)NN=Cc1ccccc1Cl. The molecule has 0 unspecified atom stereocenters. The first-order valence-electron chi connectivity index (χ1n) is 6.31. The van der Waals surface area contributed by atoms with E-state index in [-0.39, 0.29) is 22.4 Å². The molecule has 0 bridgehead atoms. The number of rotatable bonds is 5. The minimum atomic E-state index is -0.463. The summed E-state index contributed by atoms with van der Waals surface area (Å²) in [5, 5.41) is 5.17. The maximum atomic E-state index is 11.7. The molecule has 0 aliphatic carbocycles. The number of carbonyl (C=O) groups is 1. The fourth-order valence-corrected chi connectivity index (χ4v) is 2.32. The standard InChI is InChI=1S/C15H10Cl4N2O2/c16-10-4-2-1-3-9(10)7-20-21-15(22)8-23-14-6-12(18)11(17)5-13(14)19/h1-7H,8H2,(H,21,22). The lowest BCUT2D eigenvalue weighted by atomic mass is 10.2. The molecule has 2 aromatic rings. The van der Waals surface area contributed by atoms with Crippen LogP contribution in [0.1, 0.15) is 5.56 Å². The first-order chi connectivity index (χ1) is 11.0. The smallest absolute Gasteiger partial charge is 0.277 e. The summed E-state index contributed by atoms with van der Waals surface area (Å²) >= 11 is 23.6. The van der Waals surface area contributed by atoms with Crippen molar-refractivity contribution in [2.24, 2.45) is 5.10 Å². The Bertz CT molecular complexity index is 750. The number of benzene rings is 2. The van der Waals surface area contributed by atoms with Crippen molar-refractivity contribution in [3.63, 3.8) is 0 Å². The van der Waals surface area contributed by atoms with Gasteiger partial charge in [-0.3, -0.25) is 4.79 Å². The van der Waals surface area contributed by atoms with Gasteiger partial charge < -0.3 is 4.74 Å². The minimum absolute atomic E-state index is 0.256. The highest BCUT2D eigenvalue weighted by atomic mass is 35.5. The highest BCUT2D eigenvalue weighted by Gasteiger charge is 2.09. The van der Waals surface area contributed by atoms with Gasteiger partial charge in [-0.1, -0.05) is 64.6 Å². The molecule has 0 saturated carbocycles. The zero-order chi connectivity index (χ0) is 16.8. The Balaban J connectivity index is 1.89. The number of hydrogen-bond acceptors (Lipinski definition) is 3. The third-order valence-electron chi connectivity index (χ3n) is 2.63. The number of nitrogens with zero attached hydrogens (tertiary/aromatic N) is 1. The van der Waals surface area contributed by atoms with Crippen molar-refractivity contribution in [2.45, 2.75) is 0 Å². The van der Waals surface area contributed by atoms with Gasteiger partial charge in [-0.25, -0.2) is 5.43 Å². The van der Waals surface area contributed by atoms with Gasteiger partial charge in [0.05, 0.1) is 21.3 Å². The number of hydrogen-bond donors (Lipinski definition) is 1. The zero-order valence-corrected chi connectivity index (χ0v) is 14.5. The van der Waals surface area contributed by atoms with E-state index >= 15 is 0 Å². The molecule has 1 N–H and O–H groups in total. The molecule has 1 amide bonds. The second-order valence-corrected chi connectivity index (χ2v) is 5.93. The first-order valence-corrected chi connectivity index (χ1v) is 7.82. The Labute approximate surface area is 152 Å². The summed E-state index contributed by atoms with van der Waals surface area (Å²) in [5.74, 6) is -0.207. The van der Waals surface area contributed by atoms with Crippen LogP contribution in [0.3, 0.4) is 0 Å². The second-order valence-electron chi connectivity index (χ2n) is 4.30. The Kier molecular flexibility index (Phi) is 6.54. The molecule has 0 heterocycles. The van der Waals surface area contributed by atoms with Crippen molar-refractivity contribution >= 4 is 58.5 Å². The summed E-state index contributed by atoms with van der Waals surface area (Å²) < 4.78 is 5.27. The molecule has 0 saturated heterocycles. The molecule has 0 aliphatic heterocycles. The molecule has 0 aliphatic rings. The molecule has 0 spiro atoms. The van der Waals surface area contributed by atoms with Gasteiger partial charge in [0.2, 0.25) is 0 Å². The van der Waals surface area contributed by atoms with E-state index in [1.54, 1.807) is 18.2 Å². The predicted octanol–water partition coefficient (Wildman–Crippen LogP) is 4.83. The summed E-state index contributed by atoms with van der Waals surface area (Å²) in [6.07, 6.45) is 1.44. The molecule has 8 heteroatoms. The van der Waals surface area contributed by atoms with E-state index in [9.17, 15) is 4.79 Å². The molecular formula is C15H10Cl4N2O2. The molecule has 0 aromatic heterocycles. The van der Waals surface area contributed by atoms with Crippen LogP contribution in [0, 0.1) is 0 Å². The zero-order valence-electron chi connectivity index (χ0n) is 11.5. The number of nitrogens with one attached hydrogen (secondary N) is 1.